The van der Waals surface area contributed by atoms with Crippen LogP contribution in [0.25, 0.3) is 0 Å². The third-order valence-corrected chi connectivity index (χ3v) is 2.54. The van der Waals surface area contributed by atoms with Crippen LogP contribution in [-0.4, -0.2) is 12.0 Å². The fraction of sp³-hybridized carbons (Fsp3) is 0.182. The van der Waals surface area contributed by atoms with Crippen molar-refractivity contribution in [2.45, 2.75) is 6.54 Å². The van der Waals surface area contributed by atoms with Crippen molar-refractivity contribution >= 4 is 21.6 Å². The van der Waals surface area contributed by atoms with Crippen molar-refractivity contribution in [3.05, 3.63) is 47.1 Å². The molecule has 0 unspecified atom stereocenters. The van der Waals surface area contributed by atoms with Crippen molar-refractivity contribution in [2.75, 3.05) is 11.9 Å². The van der Waals surface area contributed by atoms with Crippen molar-refractivity contribution in [3.8, 4) is 0 Å². The minimum absolute atomic E-state index is 0.741. The maximum Gasteiger partial charge on any atom is 0.123 e. The SMILES string of the molecule is CN(Cc1ccco1)c1cncc(Br)c1. The molecule has 0 aliphatic carbocycles. The van der Waals surface area contributed by atoms with E-state index in [-0.39, 0.29) is 0 Å². The lowest BCUT2D eigenvalue weighted by Crippen LogP contribution is -2.15. The molecule has 4 heteroatoms. The third-order valence-electron chi connectivity index (χ3n) is 2.10. The van der Waals surface area contributed by atoms with Crippen molar-refractivity contribution in [1.82, 2.24) is 4.98 Å². The zero-order chi connectivity index (χ0) is 10.7. The van der Waals surface area contributed by atoms with Gasteiger partial charge in [0.25, 0.3) is 0 Å². The molecule has 0 saturated heterocycles. The molecule has 0 spiro atoms. The first kappa shape index (κ1) is 10.2. The van der Waals surface area contributed by atoms with Crippen LogP contribution >= 0.6 is 15.9 Å². The Balaban J connectivity index is 2.11. The first-order valence-corrected chi connectivity index (χ1v) is 5.39. The maximum absolute atomic E-state index is 5.28. The summed E-state index contributed by atoms with van der Waals surface area (Å²) in [4.78, 5) is 6.20. The molecule has 15 heavy (non-hydrogen) atoms. The molecule has 0 aliphatic rings. The Morgan fingerprint density at radius 1 is 1.47 bits per heavy atom. The molecule has 0 fully saturated rings. The summed E-state index contributed by atoms with van der Waals surface area (Å²) < 4.78 is 6.26. The molecule has 0 aromatic carbocycles. The number of anilines is 1. The number of rotatable bonds is 3. The van der Waals surface area contributed by atoms with Crippen LogP contribution in [0, 0.1) is 0 Å². The number of aromatic nitrogens is 1. The fourth-order valence-corrected chi connectivity index (χ4v) is 1.69. The topological polar surface area (TPSA) is 29.3 Å². The molecule has 2 aromatic rings. The van der Waals surface area contributed by atoms with Gasteiger partial charge in [0.2, 0.25) is 0 Å². The highest BCUT2D eigenvalue weighted by Crippen LogP contribution is 2.18. The number of halogens is 1. The summed E-state index contributed by atoms with van der Waals surface area (Å²) in [7, 11) is 2.01. The van der Waals surface area contributed by atoms with Gasteiger partial charge < -0.3 is 9.32 Å². The van der Waals surface area contributed by atoms with E-state index in [1.54, 1.807) is 12.5 Å². The standard InChI is InChI=1S/C11H11BrN2O/c1-14(8-11-3-2-4-15-11)10-5-9(12)6-13-7-10/h2-7H,8H2,1H3. The maximum atomic E-state index is 5.28. The number of pyridine rings is 1. The average molecular weight is 267 g/mol. The molecule has 78 valence electrons. The fourth-order valence-electron chi connectivity index (χ4n) is 1.34. The lowest BCUT2D eigenvalue weighted by Gasteiger charge is -2.17. The van der Waals surface area contributed by atoms with E-state index in [2.05, 4.69) is 25.8 Å². The molecule has 3 nitrogen and oxygen atoms in total. The summed E-state index contributed by atoms with van der Waals surface area (Å²) in [6, 6.07) is 5.88. The summed E-state index contributed by atoms with van der Waals surface area (Å²) in [5.41, 5.74) is 1.06. The van der Waals surface area contributed by atoms with Crippen molar-refractivity contribution < 1.29 is 4.42 Å². The van der Waals surface area contributed by atoms with Crippen LogP contribution in [0.15, 0.2) is 45.7 Å². The Labute approximate surface area is 96.9 Å². The van der Waals surface area contributed by atoms with Gasteiger partial charge in [-0.1, -0.05) is 0 Å². The normalized spacial score (nSPS) is 10.3. The molecular weight excluding hydrogens is 256 g/mol. The van der Waals surface area contributed by atoms with Gasteiger partial charge in [-0.2, -0.15) is 0 Å². The van der Waals surface area contributed by atoms with Crippen LogP contribution in [0.4, 0.5) is 5.69 Å². The smallest absolute Gasteiger partial charge is 0.123 e. The van der Waals surface area contributed by atoms with Crippen LogP contribution < -0.4 is 4.90 Å². The molecule has 0 amide bonds. The van der Waals surface area contributed by atoms with Crippen LogP contribution in [0.2, 0.25) is 0 Å². The summed E-state index contributed by atoms with van der Waals surface area (Å²) in [6.07, 6.45) is 5.28. The third kappa shape index (κ3) is 2.59. The van der Waals surface area contributed by atoms with Crippen LogP contribution in [-0.2, 0) is 6.54 Å². The number of hydrogen-bond acceptors (Lipinski definition) is 3. The molecular formula is C11H11BrN2O. The van der Waals surface area contributed by atoms with Gasteiger partial charge >= 0.3 is 0 Å². The molecule has 0 saturated carbocycles. The molecule has 0 atom stereocenters. The summed E-state index contributed by atoms with van der Waals surface area (Å²) >= 11 is 3.40. The Morgan fingerprint density at radius 3 is 3.00 bits per heavy atom. The molecule has 0 aliphatic heterocycles. The second kappa shape index (κ2) is 4.49. The Hall–Kier alpha value is -1.29. The molecule has 2 heterocycles. The first-order chi connectivity index (χ1) is 7.25. The first-order valence-electron chi connectivity index (χ1n) is 4.60. The lowest BCUT2D eigenvalue weighted by atomic mass is 10.3. The van der Waals surface area contributed by atoms with E-state index in [1.165, 1.54) is 0 Å². The summed E-state index contributed by atoms with van der Waals surface area (Å²) in [5.74, 6) is 0.942. The molecule has 0 bridgehead atoms. The van der Waals surface area contributed by atoms with Gasteiger partial charge in [0.1, 0.15) is 5.76 Å². The van der Waals surface area contributed by atoms with Crippen LogP contribution in [0.5, 0.6) is 0 Å². The summed E-state index contributed by atoms with van der Waals surface area (Å²) in [6.45, 7) is 0.741. The average Bonchev–Trinajstić information content (AvgIpc) is 2.70. The Morgan fingerprint density at radius 2 is 2.33 bits per heavy atom. The van der Waals surface area contributed by atoms with Crippen LogP contribution in [0.3, 0.4) is 0 Å². The van der Waals surface area contributed by atoms with Gasteiger partial charge in [-0.25, -0.2) is 0 Å². The number of hydrogen-bond donors (Lipinski definition) is 0. The molecule has 2 rings (SSSR count). The van der Waals surface area contributed by atoms with Gasteiger partial charge in [0.05, 0.1) is 24.7 Å². The van der Waals surface area contributed by atoms with Crippen LogP contribution in [0.1, 0.15) is 5.76 Å². The van der Waals surface area contributed by atoms with Crippen molar-refractivity contribution in [2.24, 2.45) is 0 Å². The number of furan rings is 1. The Bertz CT molecular complexity index is 428. The van der Waals surface area contributed by atoms with E-state index in [1.807, 2.05) is 31.4 Å². The zero-order valence-electron chi connectivity index (χ0n) is 8.35. The quantitative estimate of drug-likeness (QED) is 0.855. The minimum Gasteiger partial charge on any atom is -0.467 e. The molecule has 0 radical (unpaired) electrons. The monoisotopic (exact) mass is 266 g/mol. The van der Waals surface area contributed by atoms with Gasteiger partial charge in [-0.05, 0) is 34.1 Å². The van der Waals surface area contributed by atoms with E-state index in [0.29, 0.717) is 0 Å². The van der Waals surface area contributed by atoms with Gasteiger partial charge in [-0.3, -0.25) is 4.98 Å². The minimum atomic E-state index is 0.741. The highest BCUT2D eigenvalue weighted by molar-refractivity contribution is 9.10. The van der Waals surface area contributed by atoms with E-state index in [4.69, 9.17) is 4.42 Å². The lowest BCUT2D eigenvalue weighted by molar-refractivity contribution is 0.507. The Kier molecular flexibility index (Phi) is 3.06. The molecule has 2 aromatic heterocycles. The van der Waals surface area contributed by atoms with E-state index < -0.39 is 0 Å². The second-order valence-corrected chi connectivity index (χ2v) is 4.21. The van der Waals surface area contributed by atoms with Gasteiger partial charge in [-0.15, -0.1) is 0 Å². The van der Waals surface area contributed by atoms with Gasteiger partial charge in [0, 0.05) is 17.7 Å². The predicted octanol–water partition coefficient (Wildman–Crippen LogP) is 3.07. The van der Waals surface area contributed by atoms with Crippen molar-refractivity contribution in [3.63, 3.8) is 0 Å². The van der Waals surface area contributed by atoms with Gasteiger partial charge in [0.15, 0.2) is 0 Å². The number of nitrogens with zero attached hydrogens (tertiary/aromatic N) is 2. The molecule has 0 N–H and O–H groups in total. The summed E-state index contributed by atoms with van der Waals surface area (Å²) in [5, 5.41) is 0. The van der Waals surface area contributed by atoms with E-state index in [0.717, 1.165) is 22.5 Å². The second-order valence-electron chi connectivity index (χ2n) is 3.30. The van der Waals surface area contributed by atoms with E-state index >= 15 is 0 Å². The van der Waals surface area contributed by atoms with Crippen molar-refractivity contribution in [1.29, 1.82) is 0 Å². The highest BCUT2D eigenvalue weighted by Gasteiger charge is 2.04. The zero-order valence-corrected chi connectivity index (χ0v) is 9.94. The largest absolute Gasteiger partial charge is 0.467 e. The predicted molar refractivity (Wildman–Crippen MR) is 62.8 cm³/mol. The van der Waals surface area contributed by atoms with E-state index in [9.17, 15) is 0 Å². The highest BCUT2D eigenvalue weighted by atomic mass is 79.9.